The molecule has 98 valence electrons. The van der Waals surface area contributed by atoms with Crippen LogP contribution < -0.4 is 10.6 Å². The van der Waals surface area contributed by atoms with Gasteiger partial charge in [0.25, 0.3) is 0 Å². The SMILES string of the molecule is CC(C)NCc1nnc(NCCC(C)(C)C)o1. The van der Waals surface area contributed by atoms with E-state index in [-0.39, 0.29) is 0 Å². The Morgan fingerprint density at radius 2 is 1.94 bits per heavy atom. The van der Waals surface area contributed by atoms with Gasteiger partial charge in [-0.3, -0.25) is 0 Å². The van der Waals surface area contributed by atoms with E-state index in [1.54, 1.807) is 0 Å². The first-order valence-corrected chi connectivity index (χ1v) is 6.16. The van der Waals surface area contributed by atoms with Gasteiger partial charge in [-0.2, -0.15) is 0 Å². The minimum Gasteiger partial charge on any atom is -0.407 e. The Hall–Kier alpha value is -1.10. The number of anilines is 1. The molecular weight excluding hydrogens is 216 g/mol. The van der Waals surface area contributed by atoms with Crippen LogP contribution in [0.4, 0.5) is 6.01 Å². The average molecular weight is 240 g/mol. The molecule has 0 saturated carbocycles. The van der Waals surface area contributed by atoms with Gasteiger partial charge in [-0.25, -0.2) is 0 Å². The van der Waals surface area contributed by atoms with Gasteiger partial charge in [0, 0.05) is 12.6 Å². The molecule has 0 aliphatic heterocycles. The van der Waals surface area contributed by atoms with Crippen molar-refractivity contribution in [3.8, 4) is 0 Å². The van der Waals surface area contributed by atoms with E-state index in [1.807, 2.05) is 0 Å². The molecule has 2 N–H and O–H groups in total. The lowest BCUT2D eigenvalue weighted by Gasteiger charge is -2.17. The molecule has 0 bridgehead atoms. The predicted octanol–water partition coefficient (Wildman–Crippen LogP) is 2.42. The number of aromatic nitrogens is 2. The second-order valence-electron chi connectivity index (χ2n) is 5.77. The smallest absolute Gasteiger partial charge is 0.315 e. The van der Waals surface area contributed by atoms with Gasteiger partial charge in [0.05, 0.1) is 6.54 Å². The number of nitrogens with one attached hydrogen (secondary N) is 2. The average Bonchev–Trinajstić information content (AvgIpc) is 2.61. The first-order valence-electron chi connectivity index (χ1n) is 6.16. The molecule has 0 aliphatic rings. The molecular formula is C12H24N4O. The standard InChI is InChI=1S/C12H24N4O/c1-9(2)14-8-10-15-16-11(17-10)13-7-6-12(3,4)5/h9,14H,6-8H2,1-5H3,(H,13,16). The summed E-state index contributed by atoms with van der Waals surface area (Å²) in [4.78, 5) is 0. The van der Waals surface area contributed by atoms with Crippen molar-refractivity contribution in [2.24, 2.45) is 5.41 Å². The van der Waals surface area contributed by atoms with Gasteiger partial charge in [-0.05, 0) is 11.8 Å². The quantitative estimate of drug-likeness (QED) is 0.799. The summed E-state index contributed by atoms with van der Waals surface area (Å²) in [7, 11) is 0. The van der Waals surface area contributed by atoms with Crippen LogP contribution in [-0.4, -0.2) is 22.8 Å². The Kier molecular flexibility index (Phi) is 4.93. The molecule has 0 saturated heterocycles. The van der Waals surface area contributed by atoms with E-state index in [1.165, 1.54) is 0 Å². The maximum absolute atomic E-state index is 5.45. The number of rotatable bonds is 6. The third-order valence-electron chi connectivity index (χ3n) is 2.28. The second-order valence-corrected chi connectivity index (χ2v) is 5.77. The van der Waals surface area contributed by atoms with Crippen molar-refractivity contribution in [3.05, 3.63) is 5.89 Å². The minimum atomic E-state index is 0.315. The van der Waals surface area contributed by atoms with Crippen LogP contribution in [0.15, 0.2) is 4.42 Å². The molecule has 0 fully saturated rings. The van der Waals surface area contributed by atoms with Crippen LogP contribution in [0.5, 0.6) is 0 Å². The number of hydrogen-bond acceptors (Lipinski definition) is 5. The summed E-state index contributed by atoms with van der Waals surface area (Å²) in [5.74, 6) is 0.622. The number of nitrogens with zero attached hydrogens (tertiary/aromatic N) is 2. The molecule has 0 aromatic carbocycles. The zero-order valence-electron chi connectivity index (χ0n) is 11.5. The summed E-state index contributed by atoms with van der Waals surface area (Å²) in [5, 5.41) is 14.3. The molecule has 5 nitrogen and oxygen atoms in total. The van der Waals surface area contributed by atoms with E-state index in [0.717, 1.165) is 13.0 Å². The maximum Gasteiger partial charge on any atom is 0.315 e. The highest BCUT2D eigenvalue weighted by Gasteiger charge is 2.11. The largest absolute Gasteiger partial charge is 0.407 e. The van der Waals surface area contributed by atoms with Gasteiger partial charge in [0.1, 0.15) is 0 Å². The van der Waals surface area contributed by atoms with Crippen LogP contribution >= 0.6 is 0 Å². The summed E-state index contributed by atoms with van der Waals surface area (Å²) >= 11 is 0. The molecule has 0 spiro atoms. The Bertz CT molecular complexity index is 327. The second kappa shape index (κ2) is 6.00. The van der Waals surface area contributed by atoms with Gasteiger partial charge >= 0.3 is 6.01 Å². The highest BCUT2D eigenvalue weighted by molar-refractivity contribution is 5.16. The molecule has 17 heavy (non-hydrogen) atoms. The van der Waals surface area contributed by atoms with E-state index in [0.29, 0.717) is 29.9 Å². The molecule has 1 rings (SSSR count). The van der Waals surface area contributed by atoms with Crippen LogP contribution in [-0.2, 0) is 6.54 Å². The first-order chi connectivity index (χ1) is 7.87. The maximum atomic E-state index is 5.45. The zero-order chi connectivity index (χ0) is 12.9. The van der Waals surface area contributed by atoms with Crippen LogP contribution in [0, 0.1) is 5.41 Å². The van der Waals surface area contributed by atoms with E-state index in [2.05, 4.69) is 55.4 Å². The summed E-state index contributed by atoms with van der Waals surface area (Å²) in [6.07, 6.45) is 1.06. The summed E-state index contributed by atoms with van der Waals surface area (Å²) < 4.78 is 5.45. The molecule has 0 amide bonds. The third-order valence-corrected chi connectivity index (χ3v) is 2.28. The van der Waals surface area contributed by atoms with Crippen molar-refractivity contribution < 1.29 is 4.42 Å². The lowest BCUT2D eigenvalue weighted by molar-refractivity contribution is 0.386. The first kappa shape index (κ1) is 14.0. The fourth-order valence-corrected chi connectivity index (χ4v) is 1.23. The van der Waals surface area contributed by atoms with Gasteiger partial charge in [0.15, 0.2) is 0 Å². The van der Waals surface area contributed by atoms with Crippen LogP contribution in [0.3, 0.4) is 0 Å². The molecule has 0 aliphatic carbocycles. The fourth-order valence-electron chi connectivity index (χ4n) is 1.23. The van der Waals surface area contributed by atoms with Crippen molar-refractivity contribution in [1.29, 1.82) is 0 Å². The van der Waals surface area contributed by atoms with Gasteiger partial charge in [-0.1, -0.05) is 39.7 Å². The Balaban J connectivity index is 2.31. The summed E-state index contributed by atoms with van der Waals surface area (Å²) in [6.45, 7) is 12.3. The summed E-state index contributed by atoms with van der Waals surface area (Å²) in [6, 6.07) is 0.925. The molecule has 1 heterocycles. The van der Waals surface area contributed by atoms with Crippen LogP contribution in [0.25, 0.3) is 0 Å². The topological polar surface area (TPSA) is 63.0 Å². The van der Waals surface area contributed by atoms with E-state index in [9.17, 15) is 0 Å². The predicted molar refractivity (Wildman–Crippen MR) is 68.8 cm³/mol. The van der Waals surface area contributed by atoms with Crippen molar-refractivity contribution in [2.75, 3.05) is 11.9 Å². The molecule has 1 aromatic rings. The van der Waals surface area contributed by atoms with Crippen LogP contribution in [0.2, 0.25) is 0 Å². The van der Waals surface area contributed by atoms with E-state index >= 15 is 0 Å². The molecule has 0 unspecified atom stereocenters. The van der Waals surface area contributed by atoms with Gasteiger partial charge < -0.3 is 15.1 Å². The van der Waals surface area contributed by atoms with Crippen molar-refractivity contribution in [3.63, 3.8) is 0 Å². The number of hydrogen-bond donors (Lipinski definition) is 2. The monoisotopic (exact) mass is 240 g/mol. The molecule has 5 heteroatoms. The lowest BCUT2D eigenvalue weighted by Crippen LogP contribution is -2.21. The third kappa shape index (κ3) is 6.26. The molecule has 0 atom stereocenters. The summed E-state index contributed by atoms with van der Waals surface area (Å²) in [5.41, 5.74) is 0.315. The lowest BCUT2D eigenvalue weighted by atomic mass is 9.92. The zero-order valence-corrected chi connectivity index (χ0v) is 11.5. The Morgan fingerprint density at radius 3 is 2.53 bits per heavy atom. The van der Waals surface area contributed by atoms with E-state index in [4.69, 9.17) is 4.42 Å². The van der Waals surface area contributed by atoms with Crippen molar-refractivity contribution in [2.45, 2.75) is 53.6 Å². The highest BCUT2D eigenvalue weighted by Crippen LogP contribution is 2.18. The van der Waals surface area contributed by atoms with Crippen molar-refractivity contribution in [1.82, 2.24) is 15.5 Å². The highest BCUT2D eigenvalue weighted by atomic mass is 16.4. The minimum absolute atomic E-state index is 0.315. The molecule has 0 radical (unpaired) electrons. The molecule has 1 aromatic heterocycles. The fraction of sp³-hybridized carbons (Fsp3) is 0.833. The Morgan fingerprint density at radius 1 is 1.24 bits per heavy atom. The van der Waals surface area contributed by atoms with Crippen molar-refractivity contribution >= 4 is 6.01 Å². The normalized spacial score (nSPS) is 12.1. The van der Waals surface area contributed by atoms with E-state index < -0.39 is 0 Å². The van der Waals surface area contributed by atoms with Gasteiger partial charge in [0.2, 0.25) is 5.89 Å². The van der Waals surface area contributed by atoms with Gasteiger partial charge in [-0.15, -0.1) is 5.10 Å². The Labute approximate surface area is 103 Å². The van der Waals surface area contributed by atoms with Crippen LogP contribution in [0.1, 0.15) is 46.9 Å².